The minimum atomic E-state index is -0.286. The Balaban J connectivity index is 2.52. The number of aromatic hydroxyl groups is 1. The van der Waals surface area contributed by atoms with Crippen molar-refractivity contribution in [1.29, 1.82) is 0 Å². The van der Waals surface area contributed by atoms with Gasteiger partial charge in [0, 0.05) is 37.1 Å². The summed E-state index contributed by atoms with van der Waals surface area (Å²) in [6, 6.07) is 9.72. The Morgan fingerprint density at radius 1 is 1.14 bits per heavy atom. The van der Waals surface area contributed by atoms with E-state index in [1.807, 2.05) is 19.0 Å². The summed E-state index contributed by atoms with van der Waals surface area (Å²) in [7, 11) is 5.19. The van der Waals surface area contributed by atoms with E-state index < -0.39 is 0 Å². The molecule has 5 nitrogen and oxygen atoms in total. The van der Waals surface area contributed by atoms with Crippen LogP contribution in [0.15, 0.2) is 36.4 Å². The number of nitrogen functional groups attached to an aromatic ring is 1. The molecule has 21 heavy (non-hydrogen) atoms. The first-order chi connectivity index (χ1) is 9.93. The number of carbonyl (C=O) groups excluding carboxylic acids is 1. The van der Waals surface area contributed by atoms with Gasteiger partial charge in [-0.1, -0.05) is 0 Å². The monoisotopic (exact) mass is 286 g/mol. The molecule has 0 amide bonds. The van der Waals surface area contributed by atoms with Gasteiger partial charge >= 0.3 is 0 Å². The van der Waals surface area contributed by atoms with Gasteiger partial charge in [-0.3, -0.25) is 4.79 Å². The maximum atomic E-state index is 12.7. The average Bonchev–Trinajstić information content (AvgIpc) is 2.45. The third-order valence-electron chi connectivity index (χ3n) is 3.20. The minimum Gasteiger partial charge on any atom is -0.507 e. The maximum Gasteiger partial charge on any atom is 0.198 e. The van der Waals surface area contributed by atoms with Crippen LogP contribution < -0.4 is 15.4 Å². The summed E-state index contributed by atoms with van der Waals surface area (Å²) in [5, 5.41) is 10.0. The summed E-state index contributed by atoms with van der Waals surface area (Å²) in [5.41, 5.74) is 7.67. The highest BCUT2D eigenvalue weighted by Gasteiger charge is 2.18. The summed E-state index contributed by atoms with van der Waals surface area (Å²) >= 11 is 0. The summed E-state index contributed by atoms with van der Waals surface area (Å²) < 4.78 is 5.02. The van der Waals surface area contributed by atoms with Crippen molar-refractivity contribution in [3.8, 4) is 11.5 Å². The molecule has 0 bridgehead atoms. The fraction of sp³-hybridized carbons (Fsp3) is 0.188. The molecule has 0 aliphatic carbocycles. The molecule has 0 spiro atoms. The second-order valence-corrected chi connectivity index (χ2v) is 4.88. The van der Waals surface area contributed by atoms with Gasteiger partial charge < -0.3 is 20.5 Å². The molecule has 0 fully saturated rings. The minimum absolute atomic E-state index is 0.119. The van der Waals surface area contributed by atoms with Crippen molar-refractivity contribution >= 4 is 17.2 Å². The molecule has 0 aliphatic heterocycles. The van der Waals surface area contributed by atoms with E-state index in [1.165, 1.54) is 13.2 Å². The molecule has 0 atom stereocenters. The number of hydrogen-bond acceptors (Lipinski definition) is 5. The Bertz CT molecular complexity index is 681. The number of carbonyl (C=O) groups is 1. The van der Waals surface area contributed by atoms with Crippen LogP contribution in [-0.2, 0) is 0 Å². The summed E-state index contributed by atoms with van der Waals surface area (Å²) in [6.45, 7) is 0. The number of benzene rings is 2. The Labute approximate surface area is 123 Å². The number of nitrogens with two attached hydrogens (primary N) is 1. The van der Waals surface area contributed by atoms with Crippen LogP contribution >= 0.6 is 0 Å². The van der Waals surface area contributed by atoms with E-state index >= 15 is 0 Å². The number of hydrogen-bond donors (Lipinski definition) is 2. The van der Waals surface area contributed by atoms with E-state index in [0.29, 0.717) is 17.0 Å². The number of anilines is 2. The highest BCUT2D eigenvalue weighted by molar-refractivity contribution is 6.14. The summed E-state index contributed by atoms with van der Waals surface area (Å²) in [6.07, 6.45) is 0. The van der Waals surface area contributed by atoms with Gasteiger partial charge in [0.15, 0.2) is 5.78 Å². The molecular weight excluding hydrogens is 268 g/mol. The zero-order valence-corrected chi connectivity index (χ0v) is 12.3. The smallest absolute Gasteiger partial charge is 0.198 e. The lowest BCUT2D eigenvalue weighted by molar-refractivity contribution is 0.103. The molecule has 2 aromatic rings. The van der Waals surface area contributed by atoms with Gasteiger partial charge in [0.25, 0.3) is 0 Å². The number of phenolic OH excluding ortho intramolecular Hbond substituents is 1. The highest BCUT2D eigenvalue weighted by Crippen LogP contribution is 2.29. The van der Waals surface area contributed by atoms with Crippen molar-refractivity contribution in [2.45, 2.75) is 0 Å². The Kier molecular flexibility index (Phi) is 4.03. The van der Waals surface area contributed by atoms with Gasteiger partial charge in [0.05, 0.1) is 12.7 Å². The first-order valence-corrected chi connectivity index (χ1v) is 6.42. The van der Waals surface area contributed by atoms with Crippen LogP contribution in [0.2, 0.25) is 0 Å². The van der Waals surface area contributed by atoms with Crippen LogP contribution in [0.4, 0.5) is 11.4 Å². The molecule has 0 saturated carbocycles. The van der Waals surface area contributed by atoms with E-state index in [2.05, 4.69) is 0 Å². The van der Waals surface area contributed by atoms with Crippen molar-refractivity contribution in [2.75, 3.05) is 31.8 Å². The van der Waals surface area contributed by atoms with Gasteiger partial charge in [-0.05, 0) is 30.3 Å². The van der Waals surface area contributed by atoms with E-state index in [0.717, 1.165) is 5.69 Å². The molecule has 0 radical (unpaired) electrons. The quantitative estimate of drug-likeness (QED) is 0.666. The van der Waals surface area contributed by atoms with Crippen molar-refractivity contribution in [3.63, 3.8) is 0 Å². The van der Waals surface area contributed by atoms with Crippen molar-refractivity contribution in [3.05, 3.63) is 47.5 Å². The van der Waals surface area contributed by atoms with Crippen LogP contribution in [0.25, 0.3) is 0 Å². The molecule has 2 aromatic carbocycles. The van der Waals surface area contributed by atoms with Gasteiger partial charge in [0.1, 0.15) is 11.5 Å². The van der Waals surface area contributed by atoms with Crippen LogP contribution in [0.1, 0.15) is 15.9 Å². The second-order valence-electron chi connectivity index (χ2n) is 4.88. The molecule has 0 aliphatic rings. The lowest BCUT2D eigenvalue weighted by Gasteiger charge is -2.17. The van der Waals surface area contributed by atoms with E-state index in [1.54, 1.807) is 30.3 Å². The Morgan fingerprint density at radius 2 is 1.86 bits per heavy atom. The summed E-state index contributed by atoms with van der Waals surface area (Å²) in [5.74, 6) is 0.0853. The SMILES string of the molecule is COc1ccc(C(=O)c2cc(N)ccc2N(C)C)c(O)c1. The number of ketones is 1. The van der Waals surface area contributed by atoms with Crippen molar-refractivity contribution in [2.24, 2.45) is 0 Å². The average molecular weight is 286 g/mol. The first kappa shape index (κ1) is 14.7. The molecular formula is C16H18N2O3. The third-order valence-corrected chi connectivity index (χ3v) is 3.20. The van der Waals surface area contributed by atoms with Gasteiger partial charge in [-0.2, -0.15) is 0 Å². The van der Waals surface area contributed by atoms with Crippen LogP contribution in [-0.4, -0.2) is 32.1 Å². The van der Waals surface area contributed by atoms with E-state index in [4.69, 9.17) is 10.5 Å². The topological polar surface area (TPSA) is 75.8 Å². The number of phenols is 1. The first-order valence-electron chi connectivity index (χ1n) is 6.42. The molecule has 0 unspecified atom stereocenters. The second kappa shape index (κ2) is 5.75. The Hall–Kier alpha value is -2.69. The zero-order valence-electron chi connectivity index (χ0n) is 12.3. The fourth-order valence-corrected chi connectivity index (χ4v) is 2.10. The largest absolute Gasteiger partial charge is 0.507 e. The lowest BCUT2D eigenvalue weighted by atomic mass is 9.99. The molecule has 110 valence electrons. The highest BCUT2D eigenvalue weighted by atomic mass is 16.5. The normalized spacial score (nSPS) is 10.2. The molecule has 3 N–H and O–H groups in total. The molecule has 2 rings (SSSR count). The van der Waals surface area contributed by atoms with Crippen molar-refractivity contribution < 1.29 is 14.6 Å². The predicted molar refractivity (Wildman–Crippen MR) is 83.3 cm³/mol. The summed E-state index contributed by atoms with van der Waals surface area (Å²) in [4.78, 5) is 14.5. The number of methoxy groups -OCH3 is 1. The molecule has 0 aromatic heterocycles. The standard InChI is InChI=1S/C16H18N2O3/c1-18(2)14-7-4-10(17)8-13(14)16(20)12-6-5-11(21-3)9-15(12)19/h4-9,19H,17H2,1-3H3. The predicted octanol–water partition coefficient (Wildman–Crippen LogP) is 2.28. The van der Waals surface area contributed by atoms with Crippen LogP contribution in [0.3, 0.4) is 0 Å². The van der Waals surface area contributed by atoms with Gasteiger partial charge in [-0.25, -0.2) is 0 Å². The number of nitrogens with zero attached hydrogens (tertiary/aromatic N) is 1. The molecule has 5 heteroatoms. The van der Waals surface area contributed by atoms with Crippen molar-refractivity contribution in [1.82, 2.24) is 0 Å². The lowest BCUT2D eigenvalue weighted by Crippen LogP contribution is -2.15. The Morgan fingerprint density at radius 3 is 2.43 bits per heavy atom. The van der Waals surface area contributed by atoms with Gasteiger partial charge in [-0.15, -0.1) is 0 Å². The van der Waals surface area contributed by atoms with Crippen LogP contribution in [0, 0.1) is 0 Å². The van der Waals surface area contributed by atoms with Crippen LogP contribution in [0.5, 0.6) is 11.5 Å². The van der Waals surface area contributed by atoms with E-state index in [9.17, 15) is 9.90 Å². The maximum absolute atomic E-state index is 12.7. The fourth-order valence-electron chi connectivity index (χ4n) is 2.10. The number of ether oxygens (including phenoxy) is 1. The van der Waals surface area contributed by atoms with Gasteiger partial charge in [0.2, 0.25) is 0 Å². The van der Waals surface area contributed by atoms with E-state index in [-0.39, 0.29) is 17.1 Å². The molecule has 0 heterocycles. The zero-order chi connectivity index (χ0) is 15.6. The molecule has 0 saturated heterocycles. The third kappa shape index (κ3) is 2.91. The number of rotatable bonds is 4.